The SMILES string of the molecule is C=C(C)CN(CC)C(=O)COc1ccc(Br)cc1Br. The van der Waals surface area contributed by atoms with Gasteiger partial charge in [0.15, 0.2) is 6.61 Å². The van der Waals surface area contributed by atoms with Gasteiger partial charge in [-0.2, -0.15) is 0 Å². The molecule has 0 spiro atoms. The topological polar surface area (TPSA) is 29.5 Å². The quantitative estimate of drug-likeness (QED) is 0.686. The molecule has 0 aromatic heterocycles. The first-order valence-corrected chi connectivity index (χ1v) is 7.52. The third-order valence-electron chi connectivity index (χ3n) is 2.44. The first-order valence-electron chi connectivity index (χ1n) is 5.94. The van der Waals surface area contributed by atoms with Crippen LogP contribution in [0, 0.1) is 0 Å². The molecule has 1 rings (SSSR count). The Bertz CT molecular complexity index is 475. The molecule has 0 saturated heterocycles. The van der Waals surface area contributed by atoms with Crippen LogP contribution in [-0.2, 0) is 4.79 Å². The minimum Gasteiger partial charge on any atom is -0.483 e. The van der Waals surface area contributed by atoms with Gasteiger partial charge in [-0.15, -0.1) is 0 Å². The number of benzene rings is 1. The highest BCUT2D eigenvalue weighted by Gasteiger charge is 2.13. The number of nitrogens with zero attached hydrogens (tertiary/aromatic N) is 1. The molecular weight excluding hydrogens is 374 g/mol. The smallest absolute Gasteiger partial charge is 0.260 e. The number of ether oxygens (including phenoxy) is 1. The van der Waals surface area contributed by atoms with Gasteiger partial charge in [-0.25, -0.2) is 0 Å². The van der Waals surface area contributed by atoms with Crippen LogP contribution in [0.15, 0.2) is 39.3 Å². The maximum absolute atomic E-state index is 12.0. The van der Waals surface area contributed by atoms with Gasteiger partial charge in [-0.3, -0.25) is 4.79 Å². The summed E-state index contributed by atoms with van der Waals surface area (Å²) in [6.45, 7) is 8.91. The van der Waals surface area contributed by atoms with E-state index in [9.17, 15) is 4.79 Å². The summed E-state index contributed by atoms with van der Waals surface area (Å²) < 4.78 is 7.30. The zero-order valence-corrected chi connectivity index (χ0v) is 14.3. The van der Waals surface area contributed by atoms with Crippen molar-refractivity contribution >= 4 is 37.8 Å². The molecule has 1 amide bonds. The first-order chi connectivity index (χ1) is 8.93. The summed E-state index contributed by atoms with van der Waals surface area (Å²) in [6, 6.07) is 5.57. The van der Waals surface area contributed by atoms with Crippen molar-refractivity contribution in [1.29, 1.82) is 0 Å². The van der Waals surface area contributed by atoms with Crippen molar-refractivity contribution in [2.45, 2.75) is 13.8 Å². The molecule has 0 N–H and O–H groups in total. The third-order valence-corrected chi connectivity index (χ3v) is 3.55. The minimum atomic E-state index is -0.0414. The summed E-state index contributed by atoms with van der Waals surface area (Å²) in [5.74, 6) is 0.614. The van der Waals surface area contributed by atoms with Crippen LogP contribution in [0.3, 0.4) is 0 Å². The molecule has 1 aromatic carbocycles. The van der Waals surface area contributed by atoms with Crippen molar-refractivity contribution in [1.82, 2.24) is 4.90 Å². The summed E-state index contributed by atoms with van der Waals surface area (Å²) in [4.78, 5) is 13.7. The molecule has 0 saturated carbocycles. The van der Waals surface area contributed by atoms with Crippen molar-refractivity contribution in [2.75, 3.05) is 19.7 Å². The largest absolute Gasteiger partial charge is 0.483 e. The van der Waals surface area contributed by atoms with Gasteiger partial charge in [0.25, 0.3) is 5.91 Å². The molecule has 0 heterocycles. The maximum atomic E-state index is 12.0. The van der Waals surface area contributed by atoms with Gasteiger partial charge < -0.3 is 9.64 Å². The average molecular weight is 391 g/mol. The number of hydrogen-bond acceptors (Lipinski definition) is 2. The predicted molar refractivity (Wildman–Crippen MR) is 84.4 cm³/mol. The van der Waals surface area contributed by atoms with Crippen LogP contribution in [0.4, 0.5) is 0 Å². The lowest BCUT2D eigenvalue weighted by atomic mass is 10.3. The monoisotopic (exact) mass is 389 g/mol. The highest BCUT2D eigenvalue weighted by molar-refractivity contribution is 9.11. The van der Waals surface area contributed by atoms with Crippen molar-refractivity contribution in [3.63, 3.8) is 0 Å². The summed E-state index contributed by atoms with van der Waals surface area (Å²) in [5.41, 5.74) is 0.958. The van der Waals surface area contributed by atoms with Gasteiger partial charge in [0.1, 0.15) is 5.75 Å². The van der Waals surface area contributed by atoms with Crippen LogP contribution in [-0.4, -0.2) is 30.5 Å². The lowest BCUT2D eigenvalue weighted by Crippen LogP contribution is -2.35. The van der Waals surface area contributed by atoms with E-state index in [0.717, 1.165) is 14.5 Å². The van der Waals surface area contributed by atoms with Crippen molar-refractivity contribution in [3.05, 3.63) is 39.3 Å². The van der Waals surface area contributed by atoms with Crippen molar-refractivity contribution in [2.24, 2.45) is 0 Å². The van der Waals surface area contributed by atoms with Crippen molar-refractivity contribution in [3.8, 4) is 5.75 Å². The zero-order chi connectivity index (χ0) is 14.4. The third kappa shape index (κ3) is 5.37. The van der Waals surface area contributed by atoms with E-state index in [1.807, 2.05) is 32.0 Å². The Morgan fingerprint density at radius 2 is 2.11 bits per heavy atom. The summed E-state index contributed by atoms with van der Waals surface area (Å²) >= 11 is 6.77. The van der Waals surface area contributed by atoms with Crippen LogP contribution in [0.5, 0.6) is 5.75 Å². The van der Waals surface area contributed by atoms with Gasteiger partial charge in [0.05, 0.1) is 4.47 Å². The number of carbonyl (C=O) groups excluding carboxylic acids is 1. The molecule has 104 valence electrons. The van der Waals surface area contributed by atoms with E-state index in [0.29, 0.717) is 18.8 Å². The fourth-order valence-corrected chi connectivity index (χ4v) is 2.69. The van der Waals surface area contributed by atoms with E-state index in [-0.39, 0.29) is 12.5 Å². The second-order valence-corrected chi connectivity index (χ2v) is 6.00. The van der Waals surface area contributed by atoms with E-state index in [1.165, 1.54) is 0 Å². The van der Waals surface area contributed by atoms with Gasteiger partial charge in [0.2, 0.25) is 0 Å². The average Bonchev–Trinajstić information content (AvgIpc) is 2.34. The highest BCUT2D eigenvalue weighted by Crippen LogP contribution is 2.28. The second kappa shape index (κ2) is 7.70. The molecule has 0 aliphatic rings. The van der Waals surface area contributed by atoms with E-state index in [2.05, 4.69) is 38.4 Å². The lowest BCUT2D eigenvalue weighted by Gasteiger charge is -2.21. The lowest BCUT2D eigenvalue weighted by molar-refractivity contribution is -0.132. The molecule has 0 aliphatic carbocycles. The fraction of sp³-hybridized carbons (Fsp3) is 0.357. The Labute approximate surface area is 130 Å². The molecule has 5 heteroatoms. The van der Waals surface area contributed by atoms with E-state index in [4.69, 9.17) is 4.74 Å². The molecule has 0 atom stereocenters. The molecule has 1 aromatic rings. The Hall–Kier alpha value is -0.810. The molecule has 0 aliphatic heterocycles. The van der Waals surface area contributed by atoms with Crippen LogP contribution in [0.25, 0.3) is 0 Å². The van der Waals surface area contributed by atoms with E-state index in [1.54, 1.807) is 4.90 Å². The van der Waals surface area contributed by atoms with Crippen LogP contribution < -0.4 is 4.74 Å². The summed E-state index contributed by atoms with van der Waals surface area (Å²) in [5, 5.41) is 0. The molecule has 0 bridgehead atoms. The normalized spacial score (nSPS) is 10.1. The number of rotatable bonds is 6. The van der Waals surface area contributed by atoms with Gasteiger partial charge in [0, 0.05) is 17.6 Å². The highest BCUT2D eigenvalue weighted by atomic mass is 79.9. The Kier molecular flexibility index (Phi) is 6.58. The number of amides is 1. The predicted octanol–water partition coefficient (Wildman–Crippen LogP) is 4.02. The molecule has 0 radical (unpaired) electrons. The van der Waals surface area contributed by atoms with Gasteiger partial charge in [-0.1, -0.05) is 28.1 Å². The number of hydrogen-bond donors (Lipinski definition) is 0. The fourth-order valence-electron chi connectivity index (χ4n) is 1.53. The molecule has 3 nitrogen and oxygen atoms in total. The maximum Gasteiger partial charge on any atom is 0.260 e. The van der Waals surface area contributed by atoms with Crippen LogP contribution >= 0.6 is 31.9 Å². The number of halogens is 2. The molecule has 0 fully saturated rings. The summed E-state index contributed by atoms with van der Waals surface area (Å²) in [7, 11) is 0. The van der Waals surface area contributed by atoms with Crippen molar-refractivity contribution < 1.29 is 9.53 Å². The second-order valence-electron chi connectivity index (χ2n) is 4.23. The first kappa shape index (κ1) is 16.2. The Balaban J connectivity index is 2.60. The Morgan fingerprint density at radius 3 is 2.63 bits per heavy atom. The van der Waals surface area contributed by atoms with E-state index < -0.39 is 0 Å². The van der Waals surface area contributed by atoms with E-state index >= 15 is 0 Å². The van der Waals surface area contributed by atoms with Crippen LogP contribution in [0.1, 0.15) is 13.8 Å². The standard InChI is InChI=1S/C14H17Br2NO2/c1-4-17(8-10(2)3)14(18)9-19-13-6-5-11(15)7-12(13)16/h5-7H,2,4,8-9H2,1,3H3. The number of likely N-dealkylation sites (N-methyl/N-ethyl adjacent to an activating group) is 1. The number of carbonyl (C=O) groups is 1. The summed E-state index contributed by atoms with van der Waals surface area (Å²) in [6.07, 6.45) is 0. The van der Waals surface area contributed by atoms with Gasteiger partial charge in [-0.05, 0) is 48.0 Å². The Morgan fingerprint density at radius 1 is 1.42 bits per heavy atom. The zero-order valence-electron chi connectivity index (χ0n) is 11.1. The molecular formula is C14H17Br2NO2. The minimum absolute atomic E-state index is 0.0291. The van der Waals surface area contributed by atoms with Crippen LogP contribution in [0.2, 0.25) is 0 Å². The molecule has 0 unspecified atom stereocenters. The van der Waals surface area contributed by atoms with Gasteiger partial charge >= 0.3 is 0 Å². The molecule has 19 heavy (non-hydrogen) atoms.